The predicted octanol–water partition coefficient (Wildman–Crippen LogP) is 1.87. The Hall–Kier alpha value is -1.49. The van der Waals surface area contributed by atoms with Crippen LogP contribution in [0, 0.1) is 17.6 Å². The first-order valence-corrected chi connectivity index (χ1v) is 5.45. The van der Waals surface area contributed by atoms with Crippen molar-refractivity contribution in [3.8, 4) is 0 Å². The molecule has 1 heterocycles. The van der Waals surface area contributed by atoms with Crippen molar-refractivity contribution in [2.45, 2.75) is 13.0 Å². The Morgan fingerprint density at radius 3 is 2.88 bits per heavy atom. The van der Waals surface area contributed by atoms with Gasteiger partial charge in [0.05, 0.1) is 5.92 Å². The zero-order valence-electron chi connectivity index (χ0n) is 9.20. The molecule has 0 aromatic heterocycles. The van der Waals surface area contributed by atoms with Crippen LogP contribution in [0.5, 0.6) is 0 Å². The van der Waals surface area contributed by atoms with Crippen molar-refractivity contribution in [2.24, 2.45) is 5.92 Å². The number of hydrogen-bond acceptors (Lipinski definition) is 2. The zero-order chi connectivity index (χ0) is 12.4. The molecule has 0 spiro atoms. The van der Waals surface area contributed by atoms with E-state index < -0.39 is 23.5 Å². The maximum Gasteiger partial charge on any atom is 0.307 e. The molecular formula is C12H13F2NO2. The van der Waals surface area contributed by atoms with E-state index in [-0.39, 0.29) is 12.1 Å². The van der Waals surface area contributed by atoms with E-state index in [1.54, 1.807) is 0 Å². The largest absolute Gasteiger partial charge is 0.481 e. The summed E-state index contributed by atoms with van der Waals surface area (Å²) in [4.78, 5) is 12.6. The SMILES string of the molecule is O=C(O)[C@H]1CCN(Cc2cc(F)ccc2F)C1. The van der Waals surface area contributed by atoms with E-state index in [1.807, 2.05) is 4.90 Å². The number of rotatable bonds is 3. The fourth-order valence-corrected chi connectivity index (χ4v) is 2.08. The summed E-state index contributed by atoms with van der Waals surface area (Å²) in [5.41, 5.74) is 0.274. The zero-order valence-corrected chi connectivity index (χ0v) is 9.20. The van der Waals surface area contributed by atoms with E-state index in [0.717, 1.165) is 18.2 Å². The summed E-state index contributed by atoms with van der Waals surface area (Å²) in [5.74, 6) is -2.15. The Kier molecular flexibility index (Phi) is 3.38. The van der Waals surface area contributed by atoms with E-state index in [4.69, 9.17) is 5.11 Å². The third-order valence-corrected chi connectivity index (χ3v) is 3.02. The second-order valence-electron chi connectivity index (χ2n) is 4.29. The lowest BCUT2D eigenvalue weighted by Crippen LogP contribution is -2.23. The number of nitrogens with zero attached hydrogens (tertiary/aromatic N) is 1. The topological polar surface area (TPSA) is 40.5 Å². The van der Waals surface area contributed by atoms with Gasteiger partial charge in [-0.3, -0.25) is 9.69 Å². The van der Waals surface area contributed by atoms with Gasteiger partial charge in [0.25, 0.3) is 0 Å². The van der Waals surface area contributed by atoms with Crippen LogP contribution in [0.25, 0.3) is 0 Å². The molecule has 1 aromatic carbocycles. The summed E-state index contributed by atoms with van der Waals surface area (Å²) < 4.78 is 26.3. The molecule has 1 fully saturated rings. The molecule has 92 valence electrons. The first kappa shape index (κ1) is 12.0. The van der Waals surface area contributed by atoms with Crippen molar-refractivity contribution in [1.29, 1.82) is 0 Å². The van der Waals surface area contributed by atoms with Gasteiger partial charge in [-0.05, 0) is 31.2 Å². The predicted molar refractivity (Wildman–Crippen MR) is 57.4 cm³/mol. The molecule has 17 heavy (non-hydrogen) atoms. The molecule has 1 atom stereocenters. The third kappa shape index (κ3) is 2.79. The number of aliphatic carboxylic acids is 1. The number of hydrogen-bond donors (Lipinski definition) is 1. The van der Waals surface area contributed by atoms with Gasteiger partial charge in [-0.15, -0.1) is 0 Å². The van der Waals surface area contributed by atoms with Gasteiger partial charge in [0.15, 0.2) is 0 Å². The Morgan fingerprint density at radius 2 is 2.24 bits per heavy atom. The van der Waals surface area contributed by atoms with Gasteiger partial charge >= 0.3 is 5.97 Å². The highest BCUT2D eigenvalue weighted by molar-refractivity contribution is 5.70. The number of likely N-dealkylation sites (tertiary alicyclic amines) is 1. The van der Waals surface area contributed by atoms with E-state index in [9.17, 15) is 13.6 Å². The molecule has 1 saturated heterocycles. The minimum atomic E-state index is -0.827. The molecule has 5 heteroatoms. The Balaban J connectivity index is 2.02. The number of carboxylic acids is 1. The van der Waals surface area contributed by atoms with Crippen LogP contribution in [0.2, 0.25) is 0 Å². The van der Waals surface area contributed by atoms with Crippen LogP contribution in [0.4, 0.5) is 8.78 Å². The first-order valence-electron chi connectivity index (χ1n) is 5.45. The van der Waals surface area contributed by atoms with Crippen molar-refractivity contribution in [3.05, 3.63) is 35.4 Å². The Labute approximate surface area is 97.7 Å². The van der Waals surface area contributed by atoms with Crippen molar-refractivity contribution in [3.63, 3.8) is 0 Å². The summed E-state index contributed by atoms with van der Waals surface area (Å²) in [7, 11) is 0. The second kappa shape index (κ2) is 4.79. The minimum Gasteiger partial charge on any atom is -0.481 e. The molecule has 0 amide bonds. The van der Waals surface area contributed by atoms with E-state index >= 15 is 0 Å². The van der Waals surface area contributed by atoms with Gasteiger partial charge in [0.2, 0.25) is 0 Å². The van der Waals surface area contributed by atoms with Crippen LogP contribution in [0.15, 0.2) is 18.2 Å². The minimum absolute atomic E-state index is 0.257. The summed E-state index contributed by atoms with van der Waals surface area (Å²) in [5, 5.41) is 8.84. The summed E-state index contributed by atoms with van der Waals surface area (Å²) >= 11 is 0. The van der Waals surface area contributed by atoms with Gasteiger partial charge in [-0.25, -0.2) is 8.78 Å². The highest BCUT2D eigenvalue weighted by Gasteiger charge is 2.28. The highest BCUT2D eigenvalue weighted by atomic mass is 19.1. The lowest BCUT2D eigenvalue weighted by atomic mass is 10.1. The molecule has 1 aliphatic heterocycles. The molecule has 0 bridgehead atoms. The fraction of sp³-hybridized carbons (Fsp3) is 0.417. The van der Waals surface area contributed by atoms with Gasteiger partial charge in [0.1, 0.15) is 11.6 Å². The Bertz CT molecular complexity index is 437. The average molecular weight is 241 g/mol. The molecule has 2 rings (SSSR count). The van der Waals surface area contributed by atoms with E-state index in [0.29, 0.717) is 19.5 Å². The van der Waals surface area contributed by atoms with Gasteiger partial charge in [-0.1, -0.05) is 0 Å². The van der Waals surface area contributed by atoms with E-state index in [2.05, 4.69) is 0 Å². The normalized spacial score (nSPS) is 20.7. The van der Waals surface area contributed by atoms with Gasteiger partial charge < -0.3 is 5.11 Å². The molecule has 1 aliphatic rings. The highest BCUT2D eigenvalue weighted by Crippen LogP contribution is 2.20. The molecule has 0 unspecified atom stereocenters. The van der Waals surface area contributed by atoms with Gasteiger partial charge in [-0.2, -0.15) is 0 Å². The number of carboxylic acid groups (broad SMARTS) is 1. The van der Waals surface area contributed by atoms with Crippen molar-refractivity contribution >= 4 is 5.97 Å². The maximum atomic E-state index is 13.4. The summed E-state index contributed by atoms with van der Waals surface area (Å²) in [6.07, 6.45) is 0.562. The quantitative estimate of drug-likeness (QED) is 0.878. The summed E-state index contributed by atoms with van der Waals surface area (Å²) in [6.45, 7) is 1.26. The number of carbonyl (C=O) groups is 1. The smallest absolute Gasteiger partial charge is 0.307 e. The molecule has 3 nitrogen and oxygen atoms in total. The third-order valence-electron chi connectivity index (χ3n) is 3.02. The number of halogens is 2. The fourth-order valence-electron chi connectivity index (χ4n) is 2.08. The molecule has 1 aromatic rings. The van der Waals surface area contributed by atoms with Crippen LogP contribution in [0.1, 0.15) is 12.0 Å². The average Bonchev–Trinajstić information content (AvgIpc) is 2.72. The Morgan fingerprint density at radius 1 is 1.47 bits per heavy atom. The van der Waals surface area contributed by atoms with Crippen LogP contribution in [0.3, 0.4) is 0 Å². The summed E-state index contributed by atoms with van der Waals surface area (Å²) in [6, 6.07) is 3.32. The monoisotopic (exact) mass is 241 g/mol. The van der Waals surface area contributed by atoms with Crippen LogP contribution in [-0.4, -0.2) is 29.1 Å². The standard InChI is InChI=1S/C12H13F2NO2/c13-10-1-2-11(14)9(5-10)7-15-4-3-8(6-15)12(16)17/h1-2,5,8H,3-4,6-7H2,(H,16,17)/t8-/m0/s1. The van der Waals surface area contributed by atoms with Crippen LogP contribution >= 0.6 is 0 Å². The van der Waals surface area contributed by atoms with Crippen LogP contribution in [-0.2, 0) is 11.3 Å². The number of benzene rings is 1. The lowest BCUT2D eigenvalue weighted by molar-refractivity contribution is -0.141. The molecule has 0 saturated carbocycles. The molecule has 1 N–H and O–H groups in total. The van der Waals surface area contributed by atoms with Crippen LogP contribution < -0.4 is 0 Å². The molecule has 0 radical (unpaired) electrons. The molecular weight excluding hydrogens is 228 g/mol. The van der Waals surface area contributed by atoms with Gasteiger partial charge in [0, 0.05) is 18.7 Å². The second-order valence-corrected chi connectivity index (χ2v) is 4.29. The molecule has 0 aliphatic carbocycles. The van der Waals surface area contributed by atoms with Crippen molar-refractivity contribution in [2.75, 3.05) is 13.1 Å². The van der Waals surface area contributed by atoms with Crippen molar-refractivity contribution in [1.82, 2.24) is 4.90 Å². The lowest BCUT2D eigenvalue weighted by Gasteiger charge is -2.15. The maximum absolute atomic E-state index is 13.4. The van der Waals surface area contributed by atoms with E-state index in [1.165, 1.54) is 0 Å². The first-order chi connectivity index (χ1) is 8.06. The van der Waals surface area contributed by atoms with Crippen molar-refractivity contribution < 1.29 is 18.7 Å².